The number of urea groups is 1. The maximum absolute atomic E-state index is 12.2. The quantitative estimate of drug-likeness (QED) is 0.818. The summed E-state index contributed by atoms with van der Waals surface area (Å²) in [6.45, 7) is 6.62. The van der Waals surface area contributed by atoms with Crippen LogP contribution in [-0.4, -0.2) is 52.6 Å². The number of carbonyl (C=O) groups excluding carboxylic acids is 1. The van der Waals surface area contributed by atoms with Crippen molar-refractivity contribution in [2.45, 2.75) is 45.7 Å². The average molecular weight is 242 g/mol. The van der Waals surface area contributed by atoms with Crippen LogP contribution in [-0.2, 0) is 4.79 Å². The third-order valence-electron chi connectivity index (χ3n) is 3.47. The highest BCUT2D eigenvalue weighted by Crippen LogP contribution is 2.24. The molecule has 1 N–H and O–H groups in total. The first-order valence-corrected chi connectivity index (χ1v) is 6.14. The van der Waals surface area contributed by atoms with E-state index in [-0.39, 0.29) is 12.1 Å². The molecule has 0 saturated carbocycles. The highest BCUT2D eigenvalue weighted by Gasteiger charge is 2.34. The van der Waals surface area contributed by atoms with Gasteiger partial charge in [-0.3, -0.25) is 0 Å². The van der Waals surface area contributed by atoms with Crippen molar-refractivity contribution in [3.05, 3.63) is 0 Å². The lowest BCUT2D eigenvalue weighted by molar-refractivity contribution is -0.142. The zero-order valence-corrected chi connectivity index (χ0v) is 11.0. The van der Waals surface area contributed by atoms with Crippen molar-refractivity contribution >= 4 is 12.0 Å². The van der Waals surface area contributed by atoms with Crippen LogP contribution in [0.2, 0.25) is 0 Å². The molecule has 0 aliphatic carbocycles. The number of aliphatic carboxylic acids is 1. The van der Waals surface area contributed by atoms with E-state index in [9.17, 15) is 9.59 Å². The second-order valence-corrected chi connectivity index (χ2v) is 5.00. The zero-order chi connectivity index (χ0) is 13.2. The molecular weight excluding hydrogens is 220 g/mol. The SMILES string of the molecule is CCC(C(=O)O)N(C)C(=O)N1CC(C)CC1C. The highest BCUT2D eigenvalue weighted by atomic mass is 16.4. The molecule has 98 valence electrons. The van der Waals surface area contributed by atoms with Crippen molar-refractivity contribution in [2.24, 2.45) is 5.92 Å². The Bertz CT molecular complexity index is 306. The summed E-state index contributed by atoms with van der Waals surface area (Å²) in [5, 5.41) is 9.04. The Kier molecular flexibility index (Phi) is 4.37. The van der Waals surface area contributed by atoms with Crippen LogP contribution in [0.3, 0.4) is 0 Å². The van der Waals surface area contributed by atoms with Gasteiger partial charge >= 0.3 is 12.0 Å². The second kappa shape index (κ2) is 5.38. The Hall–Kier alpha value is -1.26. The van der Waals surface area contributed by atoms with Crippen molar-refractivity contribution in [1.29, 1.82) is 0 Å². The number of rotatable bonds is 3. The molecule has 3 unspecified atom stereocenters. The minimum atomic E-state index is -0.941. The lowest BCUT2D eigenvalue weighted by Gasteiger charge is -2.31. The number of carboxylic acids is 1. The van der Waals surface area contributed by atoms with Crippen LogP contribution in [0.4, 0.5) is 4.79 Å². The van der Waals surface area contributed by atoms with Crippen molar-refractivity contribution in [1.82, 2.24) is 9.80 Å². The number of nitrogens with zero attached hydrogens (tertiary/aromatic N) is 2. The first-order valence-electron chi connectivity index (χ1n) is 6.14. The van der Waals surface area contributed by atoms with Gasteiger partial charge in [0.05, 0.1) is 0 Å². The normalized spacial score (nSPS) is 25.8. The Morgan fingerprint density at radius 2 is 2.06 bits per heavy atom. The molecule has 0 aromatic heterocycles. The molecule has 1 heterocycles. The number of carboxylic acid groups (broad SMARTS) is 1. The van der Waals surface area contributed by atoms with Crippen LogP contribution >= 0.6 is 0 Å². The fourth-order valence-corrected chi connectivity index (χ4v) is 2.52. The van der Waals surface area contributed by atoms with Crippen LogP contribution in [0.1, 0.15) is 33.6 Å². The lowest BCUT2D eigenvalue weighted by Crippen LogP contribution is -2.49. The largest absolute Gasteiger partial charge is 0.480 e. The number of likely N-dealkylation sites (tertiary alicyclic amines) is 1. The molecule has 3 atom stereocenters. The molecule has 1 aliphatic heterocycles. The Morgan fingerprint density at radius 1 is 1.47 bits per heavy atom. The fraction of sp³-hybridized carbons (Fsp3) is 0.833. The summed E-state index contributed by atoms with van der Waals surface area (Å²) in [6.07, 6.45) is 1.42. The zero-order valence-electron chi connectivity index (χ0n) is 11.0. The van der Waals surface area contributed by atoms with Crippen LogP contribution in [0, 0.1) is 5.92 Å². The third kappa shape index (κ3) is 2.90. The molecule has 1 aliphatic rings. The van der Waals surface area contributed by atoms with E-state index in [4.69, 9.17) is 5.11 Å². The predicted octanol–water partition coefficient (Wildman–Crippen LogP) is 1.63. The number of hydrogen-bond donors (Lipinski definition) is 1. The van der Waals surface area contributed by atoms with Crippen molar-refractivity contribution in [3.8, 4) is 0 Å². The molecule has 1 rings (SSSR count). The van der Waals surface area contributed by atoms with E-state index in [1.54, 1.807) is 18.9 Å². The number of hydrogen-bond acceptors (Lipinski definition) is 2. The first-order chi connectivity index (χ1) is 7.88. The maximum Gasteiger partial charge on any atom is 0.326 e. The lowest BCUT2D eigenvalue weighted by atomic mass is 10.1. The summed E-state index contributed by atoms with van der Waals surface area (Å²) in [5.74, 6) is -0.449. The van der Waals surface area contributed by atoms with Gasteiger partial charge in [-0.2, -0.15) is 0 Å². The highest BCUT2D eigenvalue weighted by molar-refractivity contribution is 5.82. The predicted molar refractivity (Wildman–Crippen MR) is 64.8 cm³/mol. The van der Waals surface area contributed by atoms with Gasteiger partial charge in [0.15, 0.2) is 0 Å². The second-order valence-electron chi connectivity index (χ2n) is 5.00. The molecule has 0 spiro atoms. The van der Waals surface area contributed by atoms with Crippen LogP contribution < -0.4 is 0 Å². The molecule has 1 saturated heterocycles. The topological polar surface area (TPSA) is 60.9 Å². The van der Waals surface area contributed by atoms with E-state index in [1.807, 2.05) is 6.92 Å². The number of amides is 2. The maximum atomic E-state index is 12.2. The van der Waals surface area contributed by atoms with Gasteiger partial charge in [0.25, 0.3) is 0 Å². The van der Waals surface area contributed by atoms with Crippen molar-refractivity contribution < 1.29 is 14.7 Å². The Morgan fingerprint density at radius 3 is 2.41 bits per heavy atom. The van der Waals surface area contributed by atoms with Crippen molar-refractivity contribution in [2.75, 3.05) is 13.6 Å². The molecule has 5 nitrogen and oxygen atoms in total. The summed E-state index contributed by atoms with van der Waals surface area (Å²) < 4.78 is 0. The molecule has 1 fully saturated rings. The molecule has 5 heteroatoms. The van der Waals surface area contributed by atoms with Gasteiger partial charge in [0.2, 0.25) is 0 Å². The van der Waals surface area contributed by atoms with Crippen LogP contribution in [0.5, 0.6) is 0 Å². The van der Waals surface area contributed by atoms with E-state index in [0.29, 0.717) is 12.3 Å². The van der Waals surface area contributed by atoms with Gasteiger partial charge in [-0.15, -0.1) is 0 Å². The molecule has 17 heavy (non-hydrogen) atoms. The molecular formula is C12H22N2O3. The molecule has 2 amide bonds. The average Bonchev–Trinajstić information content (AvgIpc) is 2.57. The van der Waals surface area contributed by atoms with Crippen LogP contribution in [0.25, 0.3) is 0 Å². The van der Waals surface area contributed by atoms with Gasteiger partial charge in [-0.1, -0.05) is 13.8 Å². The third-order valence-corrected chi connectivity index (χ3v) is 3.47. The minimum absolute atomic E-state index is 0.170. The smallest absolute Gasteiger partial charge is 0.326 e. The summed E-state index contributed by atoms with van der Waals surface area (Å²) in [5.41, 5.74) is 0. The first kappa shape index (κ1) is 13.8. The van der Waals surface area contributed by atoms with Gasteiger partial charge in [-0.25, -0.2) is 9.59 Å². The van der Waals surface area contributed by atoms with E-state index in [2.05, 4.69) is 6.92 Å². The van der Waals surface area contributed by atoms with E-state index >= 15 is 0 Å². The van der Waals surface area contributed by atoms with Gasteiger partial charge in [0.1, 0.15) is 6.04 Å². The summed E-state index contributed by atoms with van der Waals surface area (Å²) in [4.78, 5) is 26.3. The van der Waals surface area contributed by atoms with Gasteiger partial charge in [0, 0.05) is 19.6 Å². The summed E-state index contributed by atoms with van der Waals surface area (Å²) >= 11 is 0. The van der Waals surface area contributed by atoms with E-state index in [1.165, 1.54) is 4.90 Å². The van der Waals surface area contributed by atoms with Crippen LogP contribution in [0.15, 0.2) is 0 Å². The van der Waals surface area contributed by atoms with Gasteiger partial charge in [-0.05, 0) is 25.7 Å². The Labute approximate surface area is 102 Å². The molecule has 0 aromatic carbocycles. The number of carbonyl (C=O) groups is 2. The molecule has 0 aromatic rings. The fourth-order valence-electron chi connectivity index (χ4n) is 2.52. The molecule has 0 bridgehead atoms. The summed E-state index contributed by atoms with van der Waals surface area (Å²) in [7, 11) is 1.57. The van der Waals surface area contributed by atoms with E-state index in [0.717, 1.165) is 13.0 Å². The molecule has 0 radical (unpaired) electrons. The summed E-state index contributed by atoms with van der Waals surface area (Å²) in [6, 6.07) is -0.701. The van der Waals surface area contributed by atoms with Gasteiger partial charge < -0.3 is 14.9 Å². The van der Waals surface area contributed by atoms with Crippen molar-refractivity contribution in [3.63, 3.8) is 0 Å². The number of likely N-dealkylation sites (N-methyl/N-ethyl adjacent to an activating group) is 1. The standard InChI is InChI=1S/C12H22N2O3/c1-5-10(11(15)16)13(4)12(17)14-7-8(2)6-9(14)3/h8-10H,5-7H2,1-4H3,(H,15,16). The van der Waals surface area contributed by atoms with E-state index < -0.39 is 12.0 Å². The minimum Gasteiger partial charge on any atom is -0.480 e. The Balaban J connectivity index is 2.72. The monoisotopic (exact) mass is 242 g/mol.